The zero-order chi connectivity index (χ0) is 21.1. The van der Waals surface area contributed by atoms with Crippen molar-refractivity contribution in [2.24, 2.45) is 0 Å². The van der Waals surface area contributed by atoms with Crippen LogP contribution in [0.5, 0.6) is 0 Å². The van der Waals surface area contributed by atoms with Gasteiger partial charge in [-0.15, -0.1) is 11.3 Å². The molecule has 1 fully saturated rings. The Balaban J connectivity index is 2.16. The van der Waals surface area contributed by atoms with Gasteiger partial charge in [0.1, 0.15) is 5.01 Å². The van der Waals surface area contributed by atoms with E-state index in [1.54, 1.807) is 6.07 Å². The van der Waals surface area contributed by atoms with Crippen molar-refractivity contribution in [3.8, 4) is 0 Å². The normalized spacial score (nSPS) is 16.1. The SMILES string of the molecule is COC(=O)C(=Cc1nc2ccc([N+](=O)[O-])cc2s1)C(C(=O)OC)=C1CCCN1C. The molecule has 1 saturated heterocycles. The second-order valence-corrected chi connectivity index (χ2v) is 7.41. The minimum Gasteiger partial charge on any atom is -0.465 e. The molecule has 1 aliphatic rings. The van der Waals surface area contributed by atoms with Crippen LogP contribution in [0.4, 0.5) is 5.69 Å². The van der Waals surface area contributed by atoms with Crippen LogP contribution in [0, 0.1) is 10.1 Å². The van der Waals surface area contributed by atoms with Gasteiger partial charge in [-0.3, -0.25) is 10.1 Å². The molecular weight excluding hydrogens is 398 g/mol. The zero-order valence-electron chi connectivity index (χ0n) is 16.1. The van der Waals surface area contributed by atoms with E-state index in [9.17, 15) is 19.7 Å². The van der Waals surface area contributed by atoms with Gasteiger partial charge in [0.25, 0.3) is 5.69 Å². The van der Waals surface area contributed by atoms with E-state index in [0.29, 0.717) is 27.3 Å². The van der Waals surface area contributed by atoms with Crippen molar-refractivity contribution in [2.45, 2.75) is 12.8 Å². The smallest absolute Gasteiger partial charge is 0.340 e. The number of thiazole rings is 1. The number of aromatic nitrogens is 1. The minimum atomic E-state index is -0.691. The third kappa shape index (κ3) is 4.11. The second-order valence-electron chi connectivity index (χ2n) is 6.35. The molecule has 9 nitrogen and oxygen atoms in total. The number of hydrogen-bond donors (Lipinski definition) is 0. The van der Waals surface area contributed by atoms with Gasteiger partial charge >= 0.3 is 11.9 Å². The van der Waals surface area contributed by atoms with Crippen LogP contribution in [0.25, 0.3) is 16.3 Å². The number of ether oxygens (including phenoxy) is 2. The maximum absolute atomic E-state index is 12.5. The van der Waals surface area contributed by atoms with Gasteiger partial charge in [-0.1, -0.05) is 0 Å². The highest BCUT2D eigenvalue weighted by molar-refractivity contribution is 7.19. The first-order valence-electron chi connectivity index (χ1n) is 8.73. The molecule has 3 rings (SSSR count). The van der Waals surface area contributed by atoms with Crippen LogP contribution in [0.3, 0.4) is 0 Å². The van der Waals surface area contributed by atoms with Crippen molar-refractivity contribution < 1.29 is 24.0 Å². The molecule has 1 aromatic carbocycles. The van der Waals surface area contributed by atoms with Crippen molar-refractivity contribution in [1.29, 1.82) is 0 Å². The Morgan fingerprint density at radius 3 is 2.59 bits per heavy atom. The zero-order valence-corrected chi connectivity index (χ0v) is 16.9. The fourth-order valence-corrected chi connectivity index (χ4v) is 4.13. The molecule has 0 aliphatic carbocycles. The van der Waals surface area contributed by atoms with E-state index in [0.717, 1.165) is 13.0 Å². The number of non-ortho nitro benzene ring substituents is 1. The van der Waals surface area contributed by atoms with E-state index < -0.39 is 16.9 Å². The van der Waals surface area contributed by atoms with E-state index in [2.05, 4.69) is 4.98 Å². The van der Waals surface area contributed by atoms with Crippen LogP contribution in [-0.4, -0.2) is 54.6 Å². The lowest BCUT2D eigenvalue weighted by atomic mass is 10.0. The summed E-state index contributed by atoms with van der Waals surface area (Å²) in [6.45, 7) is 0.759. The molecule has 0 unspecified atom stereocenters. The van der Waals surface area contributed by atoms with Crippen molar-refractivity contribution in [3.63, 3.8) is 0 Å². The molecule has 0 bridgehead atoms. The van der Waals surface area contributed by atoms with Crippen LogP contribution < -0.4 is 0 Å². The molecule has 0 saturated carbocycles. The van der Waals surface area contributed by atoms with Gasteiger partial charge in [0.05, 0.1) is 40.5 Å². The van der Waals surface area contributed by atoms with Crippen LogP contribution in [0.15, 0.2) is 35.0 Å². The van der Waals surface area contributed by atoms with E-state index in [-0.39, 0.29) is 16.8 Å². The van der Waals surface area contributed by atoms with Gasteiger partial charge in [0, 0.05) is 31.4 Å². The highest BCUT2D eigenvalue weighted by atomic mass is 32.1. The molecule has 10 heteroatoms. The van der Waals surface area contributed by atoms with Crippen LogP contribution in [-0.2, 0) is 19.1 Å². The van der Waals surface area contributed by atoms with E-state index in [1.165, 1.54) is 43.8 Å². The number of likely N-dealkylation sites (tertiary alicyclic amines) is 1. The number of allylic oxidation sites excluding steroid dienone is 1. The summed E-state index contributed by atoms with van der Waals surface area (Å²) in [7, 11) is 4.33. The molecule has 0 atom stereocenters. The first-order valence-corrected chi connectivity index (χ1v) is 9.55. The number of esters is 2. The molecule has 2 aromatic rings. The predicted octanol–water partition coefficient (Wildman–Crippen LogP) is 2.91. The van der Waals surface area contributed by atoms with E-state index >= 15 is 0 Å². The summed E-state index contributed by atoms with van der Waals surface area (Å²) in [6, 6.07) is 4.34. The Labute approximate surface area is 170 Å². The van der Waals surface area contributed by atoms with Crippen molar-refractivity contribution in [2.75, 3.05) is 27.8 Å². The number of fused-ring (bicyclic) bond motifs is 1. The largest absolute Gasteiger partial charge is 0.465 e. The van der Waals surface area contributed by atoms with Crippen LogP contribution in [0.2, 0.25) is 0 Å². The fraction of sp³-hybridized carbons (Fsp3) is 0.316. The molecular formula is C19H19N3O6S. The Bertz CT molecular complexity index is 1060. The summed E-state index contributed by atoms with van der Waals surface area (Å²) in [6.07, 6.45) is 2.95. The van der Waals surface area contributed by atoms with Gasteiger partial charge in [0.2, 0.25) is 0 Å². The Morgan fingerprint density at radius 2 is 2.00 bits per heavy atom. The maximum Gasteiger partial charge on any atom is 0.340 e. The number of rotatable bonds is 5. The van der Waals surface area contributed by atoms with Gasteiger partial charge in [-0.2, -0.15) is 0 Å². The summed E-state index contributed by atoms with van der Waals surface area (Å²) in [5, 5.41) is 11.4. The number of carbonyl (C=O) groups excluding carboxylic acids is 2. The van der Waals surface area contributed by atoms with Gasteiger partial charge in [0.15, 0.2) is 0 Å². The third-order valence-electron chi connectivity index (χ3n) is 4.59. The fourth-order valence-electron chi connectivity index (χ4n) is 3.18. The first-order chi connectivity index (χ1) is 13.8. The Kier molecular flexibility index (Phi) is 5.92. The van der Waals surface area contributed by atoms with Crippen LogP contribution >= 0.6 is 11.3 Å². The van der Waals surface area contributed by atoms with Crippen molar-refractivity contribution in [1.82, 2.24) is 9.88 Å². The monoisotopic (exact) mass is 417 g/mol. The Morgan fingerprint density at radius 1 is 1.28 bits per heavy atom. The molecule has 0 radical (unpaired) electrons. The lowest BCUT2D eigenvalue weighted by Crippen LogP contribution is -2.21. The standard InChI is InChI=1S/C19H19N3O6S/c1-21-8-4-5-14(21)17(19(24)28-3)12(18(23)27-2)10-16-20-13-7-6-11(22(25)26)9-15(13)29-16/h6-7,9-10H,4-5,8H2,1-3H3. The number of nitro benzene ring substituents is 1. The molecule has 0 amide bonds. The highest BCUT2D eigenvalue weighted by Gasteiger charge is 2.30. The summed E-state index contributed by atoms with van der Waals surface area (Å²) < 4.78 is 10.4. The molecule has 0 spiro atoms. The predicted molar refractivity (Wildman–Crippen MR) is 107 cm³/mol. The summed E-state index contributed by atoms with van der Waals surface area (Å²) in [5.41, 5.74) is 1.39. The average molecular weight is 417 g/mol. The maximum atomic E-state index is 12.5. The molecule has 0 N–H and O–H groups in total. The topological polar surface area (TPSA) is 112 Å². The lowest BCUT2D eigenvalue weighted by Gasteiger charge is -2.18. The molecule has 152 valence electrons. The number of methoxy groups -OCH3 is 2. The average Bonchev–Trinajstić information content (AvgIpc) is 3.31. The molecule has 1 aromatic heterocycles. The number of nitro groups is 1. The highest BCUT2D eigenvalue weighted by Crippen LogP contribution is 2.32. The van der Waals surface area contributed by atoms with Crippen molar-refractivity contribution >= 4 is 45.3 Å². The summed E-state index contributed by atoms with van der Waals surface area (Å²) in [5.74, 6) is -1.33. The third-order valence-corrected chi connectivity index (χ3v) is 5.55. The van der Waals surface area contributed by atoms with Crippen LogP contribution in [0.1, 0.15) is 17.8 Å². The minimum absolute atomic E-state index is 0.0386. The van der Waals surface area contributed by atoms with Gasteiger partial charge in [-0.05, 0) is 25.0 Å². The quantitative estimate of drug-likeness (QED) is 0.316. The summed E-state index contributed by atoms with van der Waals surface area (Å²) in [4.78, 5) is 41.9. The first kappa shape index (κ1) is 20.5. The van der Waals surface area contributed by atoms with Gasteiger partial charge in [-0.25, -0.2) is 14.6 Å². The number of hydrogen-bond acceptors (Lipinski definition) is 9. The van der Waals surface area contributed by atoms with E-state index in [1.807, 2.05) is 11.9 Å². The lowest BCUT2D eigenvalue weighted by molar-refractivity contribution is -0.384. The molecule has 2 heterocycles. The number of benzene rings is 1. The Hall–Kier alpha value is -3.27. The van der Waals surface area contributed by atoms with Gasteiger partial charge < -0.3 is 14.4 Å². The number of carbonyl (C=O) groups is 2. The van der Waals surface area contributed by atoms with E-state index in [4.69, 9.17) is 9.47 Å². The molecule has 1 aliphatic heterocycles. The second kappa shape index (κ2) is 8.39. The molecule has 29 heavy (non-hydrogen) atoms. The van der Waals surface area contributed by atoms with Crippen molar-refractivity contribution in [3.05, 3.63) is 50.2 Å². The number of nitrogens with zero attached hydrogens (tertiary/aromatic N) is 3. The summed E-state index contributed by atoms with van der Waals surface area (Å²) >= 11 is 1.18.